The molecule has 172 valence electrons. The second-order valence-electron chi connectivity index (χ2n) is 7.81. The summed E-state index contributed by atoms with van der Waals surface area (Å²) in [7, 11) is 1.55. The Bertz CT molecular complexity index is 1350. The lowest BCUT2D eigenvalue weighted by atomic mass is 10.1. The van der Waals surface area contributed by atoms with E-state index < -0.39 is 5.91 Å². The summed E-state index contributed by atoms with van der Waals surface area (Å²) in [6.07, 6.45) is 5.07. The van der Waals surface area contributed by atoms with E-state index in [4.69, 9.17) is 9.47 Å². The Hall–Kier alpha value is -4.39. The SMILES string of the molecule is COc1ccc(NC(=O)c2cccn(Cc3cccc(C)c3)c2=O)cc1OCc1ccncc1. The van der Waals surface area contributed by atoms with Crippen LogP contribution >= 0.6 is 0 Å². The van der Waals surface area contributed by atoms with Crippen LogP contribution in [0.15, 0.2) is 90.1 Å². The molecule has 0 fully saturated rings. The lowest BCUT2D eigenvalue weighted by Crippen LogP contribution is -2.29. The second kappa shape index (κ2) is 10.5. The Balaban J connectivity index is 1.51. The van der Waals surface area contributed by atoms with E-state index in [1.807, 2.05) is 43.3 Å². The van der Waals surface area contributed by atoms with Crippen LogP contribution in [0.4, 0.5) is 5.69 Å². The standard InChI is InChI=1S/C27H25N3O4/c1-19-5-3-6-21(15-19)17-30-14-4-7-23(27(30)32)26(31)29-22-8-9-24(33-2)25(16-22)34-18-20-10-12-28-13-11-20/h3-16H,17-18H2,1-2H3,(H,29,31). The lowest BCUT2D eigenvalue weighted by Gasteiger charge is -2.13. The quantitative estimate of drug-likeness (QED) is 0.425. The lowest BCUT2D eigenvalue weighted by molar-refractivity contribution is 0.102. The van der Waals surface area contributed by atoms with Crippen molar-refractivity contribution in [1.82, 2.24) is 9.55 Å². The number of carbonyl (C=O) groups is 1. The van der Waals surface area contributed by atoms with Crippen molar-refractivity contribution >= 4 is 11.6 Å². The van der Waals surface area contributed by atoms with Gasteiger partial charge in [0.2, 0.25) is 0 Å². The second-order valence-corrected chi connectivity index (χ2v) is 7.81. The number of ether oxygens (including phenoxy) is 2. The van der Waals surface area contributed by atoms with Crippen LogP contribution in [-0.2, 0) is 13.2 Å². The van der Waals surface area contributed by atoms with E-state index in [0.29, 0.717) is 30.3 Å². The smallest absolute Gasteiger partial charge is 0.263 e. The van der Waals surface area contributed by atoms with Gasteiger partial charge in [-0.15, -0.1) is 0 Å². The number of benzene rings is 2. The highest BCUT2D eigenvalue weighted by molar-refractivity contribution is 6.04. The summed E-state index contributed by atoms with van der Waals surface area (Å²) in [5.74, 6) is 0.517. The Morgan fingerprint density at radius 3 is 2.56 bits per heavy atom. The fourth-order valence-corrected chi connectivity index (χ4v) is 3.55. The van der Waals surface area contributed by atoms with Crippen molar-refractivity contribution in [3.8, 4) is 11.5 Å². The summed E-state index contributed by atoms with van der Waals surface area (Å²) in [6.45, 7) is 2.70. The molecule has 0 radical (unpaired) electrons. The minimum Gasteiger partial charge on any atom is -0.493 e. The van der Waals surface area contributed by atoms with Gasteiger partial charge in [-0.1, -0.05) is 29.8 Å². The molecule has 0 aliphatic heterocycles. The van der Waals surface area contributed by atoms with Crippen molar-refractivity contribution in [1.29, 1.82) is 0 Å². The molecule has 0 bridgehead atoms. The van der Waals surface area contributed by atoms with Crippen molar-refractivity contribution in [2.24, 2.45) is 0 Å². The van der Waals surface area contributed by atoms with Gasteiger partial charge in [-0.2, -0.15) is 0 Å². The molecule has 1 amide bonds. The number of anilines is 1. The molecule has 0 spiro atoms. The number of nitrogens with zero attached hydrogens (tertiary/aromatic N) is 2. The Morgan fingerprint density at radius 1 is 0.971 bits per heavy atom. The minimum atomic E-state index is -0.492. The number of aromatic nitrogens is 2. The number of hydrogen-bond donors (Lipinski definition) is 1. The van der Waals surface area contributed by atoms with E-state index in [2.05, 4.69) is 10.3 Å². The van der Waals surface area contributed by atoms with Crippen molar-refractivity contribution in [3.05, 3.63) is 118 Å². The minimum absolute atomic E-state index is 0.0604. The molecule has 1 N–H and O–H groups in total. The summed E-state index contributed by atoms with van der Waals surface area (Å²) in [4.78, 5) is 29.9. The van der Waals surface area contributed by atoms with E-state index in [9.17, 15) is 9.59 Å². The van der Waals surface area contributed by atoms with E-state index in [0.717, 1.165) is 16.7 Å². The molecule has 0 atom stereocenters. The van der Waals surface area contributed by atoms with Gasteiger partial charge in [0, 0.05) is 30.3 Å². The number of hydrogen-bond acceptors (Lipinski definition) is 5. The van der Waals surface area contributed by atoms with Gasteiger partial charge < -0.3 is 19.4 Å². The average Bonchev–Trinajstić information content (AvgIpc) is 2.85. The van der Waals surface area contributed by atoms with Gasteiger partial charge in [0.05, 0.1) is 13.7 Å². The van der Waals surface area contributed by atoms with Crippen molar-refractivity contribution in [3.63, 3.8) is 0 Å². The molecule has 2 heterocycles. The molecular formula is C27H25N3O4. The number of nitrogens with one attached hydrogen (secondary N) is 1. The number of methoxy groups -OCH3 is 1. The first kappa shape index (κ1) is 22.8. The highest BCUT2D eigenvalue weighted by atomic mass is 16.5. The van der Waals surface area contributed by atoms with Crippen molar-refractivity contribution in [2.45, 2.75) is 20.1 Å². The van der Waals surface area contributed by atoms with Gasteiger partial charge in [-0.05, 0) is 54.4 Å². The fraction of sp³-hybridized carbons (Fsp3) is 0.148. The highest BCUT2D eigenvalue weighted by Crippen LogP contribution is 2.31. The molecule has 0 saturated heterocycles. The normalized spacial score (nSPS) is 10.5. The molecule has 34 heavy (non-hydrogen) atoms. The third-order valence-electron chi connectivity index (χ3n) is 5.27. The first-order valence-corrected chi connectivity index (χ1v) is 10.8. The molecule has 0 aliphatic rings. The summed E-state index contributed by atoms with van der Waals surface area (Å²) in [6, 6.07) is 19.9. The Labute approximate surface area is 197 Å². The predicted octanol–water partition coefficient (Wildman–Crippen LogP) is 4.44. The summed E-state index contributed by atoms with van der Waals surface area (Å²) < 4.78 is 12.8. The molecule has 7 nitrogen and oxygen atoms in total. The van der Waals surface area contributed by atoms with Crippen LogP contribution in [0.3, 0.4) is 0 Å². The molecule has 7 heteroatoms. The first-order chi connectivity index (χ1) is 16.5. The fourth-order valence-electron chi connectivity index (χ4n) is 3.55. The zero-order chi connectivity index (χ0) is 23.9. The first-order valence-electron chi connectivity index (χ1n) is 10.8. The van der Waals surface area contributed by atoms with E-state index >= 15 is 0 Å². The molecular weight excluding hydrogens is 430 g/mol. The van der Waals surface area contributed by atoms with Gasteiger partial charge in [0.25, 0.3) is 11.5 Å². The van der Waals surface area contributed by atoms with Crippen LogP contribution in [0.2, 0.25) is 0 Å². The maximum Gasteiger partial charge on any atom is 0.263 e. The summed E-state index contributed by atoms with van der Waals surface area (Å²) >= 11 is 0. The molecule has 0 unspecified atom stereocenters. The number of rotatable bonds is 8. The Kier molecular flexibility index (Phi) is 7.03. The molecule has 0 saturated carbocycles. The molecule has 4 rings (SSSR count). The summed E-state index contributed by atoms with van der Waals surface area (Å²) in [5.41, 5.74) is 3.25. The molecule has 4 aromatic rings. The van der Waals surface area contributed by atoms with Crippen LogP contribution in [0.5, 0.6) is 11.5 Å². The number of aryl methyl sites for hydroxylation is 1. The zero-order valence-electron chi connectivity index (χ0n) is 19.0. The van der Waals surface area contributed by atoms with E-state index in [1.54, 1.807) is 50.0 Å². The third kappa shape index (κ3) is 5.50. The van der Waals surface area contributed by atoms with Gasteiger partial charge in [-0.3, -0.25) is 14.6 Å². The van der Waals surface area contributed by atoms with Gasteiger partial charge >= 0.3 is 0 Å². The van der Waals surface area contributed by atoms with Gasteiger partial charge in [0.1, 0.15) is 12.2 Å². The number of amides is 1. The van der Waals surface area contributed by atoms with E-state index in [-0.39, 0.29) is 11.1 Å². The van der Waals surface area contributed by atoms with Crippen LogP contribution < -0.4 is 20.3 Å². The highest BCUT2D eigenvalue weighted by Gasteiger charge is 2.14. The molecule has 2 aromatic heterocycles. The number of pyridine rings is 2. The predicted molar refractivity (Wildman–Crippen MR) is 130 cm³/mol. The van der Waals surface area contributed by atoms with Gasteiger partial charge in [-0.25, -0.2) is 0 Å². The maximum atomic E-state index is 13.0. The average molecular weight is 456 g/mol. The third-order valence-corrected chi connectivity index (χ3v) is 5.27. The van der Waals surface area contributed by atoms with Crippen LogP contribution in [0.25, 0.3) is 0 Å². The van der Waals surface area contributed by atoms with Crippen LogP contribution in [0.1, 0.15) is 27.0 Å². The van der Waals surface area contributed by atoms with Crippen LogP contribution in [0, 0.1) is 6.92 Å². The largest absolute Gasteiger partial charge is 0.493 e. The molecule has 2 aromatic carbocycles. The zero-order valence-corrected chi connectivity index (χ0v) is 19.0. The van der Waals surface area contributed by atoms with Crippen LogP contribution in [-0.4, -0.2) is 22.6 Å². The summed E-state index contributed by atoms with van der Waals surface area (Å²) in [5, 5.41) is 2.79. The maximum absolute atomic E-state index is 13.0. The topological polar surface area (TPSA) is 82.5 Å². The van der Waals surface area contributed by atoms with Gasteiger partial charge in [0.15, 0.2) is 11.5 Å². The van der Waals surface area contributed by atoms with E-state index in [1.165, 1.54) is 10.6 Å². The number of carbonyl (C=O) groups excluding carboxylic acids is 1. The Morgan fingerprint density at radius 2 is 1.79 bits per heavy atom. The monoisotopic (exact) mass is 455 g/mol. The molecule has 0 aliphatic carbocycles. The van der Waals surface area contributed by atoms with Crippen molar-refractivity contribution < 1.29 is 14.3 Å². The van der Waals surface area contributed by atoms with Crippen molar-refractivity contribution in [2.75, 3.05) is 12.4 Å².